The molecule has 0 atom stereocenters. The maximum Gasteiger partial charge on any atom is 0.406 e. The summed E-state index contributed by atoms with van der Waals surface area (Å²) in [5.74, 6) is -1.04. The number of aryl methyl sites for hydroxylation is 2. The Kier molecular flexibility index (Phi) is 6.35. The second-order valence-corrected chi connectivity index (χ2v) is 10.3. The Morgan fingerprint density at radius 2 is 1.84 bits per heavy atom. The molecule has 2 heterocycles. The zero-order valence-electron chi connectivity index (χ0n) is 17.5. The van der Waals surface area contributed by atoms with Gasteiger partial charge in [0.25, 0.3) is 0 Å². The van der Waals surface area contributed by atoms with Crippen molar-refractivity contribution in [1.29, 1.82) is 0 Å². The molecule has 1 amide bonds. The SMILES string of the molecule is O=C(C1CCN(S(=O)(=O)c2ccc3c(c2)CCC3)CC1)N(Cc1ccco1)CC(F)(F)F. The van der Waals surface area contributed by atoms with Crippen molar-refractivity contribution >= 4 is 15.9 Å². The van der Waals surface area contributed by atoms with Crippen LogP contribution in [0.1, 0.15) is 36.1 Å². The molecule has 6 nitrogen and oxygen atoms in total. The monoisotopic (exact) mass is 470 g/mol. The zero-order valence-corrected chi connectivity index (χ0v) is 18.3. The normalized spacial score (nSPS) is 18.0. The smallest absolute Gasteiger partial charge is 0.406 e. The van der Waals surface area contributed by atoms with Gasteiger partial charge in [0.2, 0.25) is 15.9 Å². The third-order valence-corrected chi connectivity index (χ3v) is 8.01. The average molecular weight is 471 g/mol. The minimum Gasteiger partial charge on any atom is -0.467 e. The lowest BCUT2D eigenvalue weighted by Gasteiger charge is -2.33. The van der Waals surface area contributed by atoms with Crippen LogP contribution in [0.25, 0.3) is 0 Å². The first-order valence-corrected chi connectivity index (χ1v) is 12.1. The lowest BCUT2D eigenvalue weighted by atomic mass is 9.96. The van der Waals surface area contributed by atoms with E-state index in [9.17, 15) is 26.4 Å². The molecule has 2 aliphatic rings. The largest absolute Gasteiger partial charge is 0.467 e. The molecule has 1 aliphatic heterocycles. The van der Waals surface area contributed by atoms with Gasteiger partial charge in [-0.3, -0.25) is 4.79 Å². The van der Waals surface area contributed by atoms with Gasteiger partial charge in [-0.15, -0.1) is 0 Å². The summed E-state index contributed by atoms with van der Waals surface area (Å²) >= 11 is 0. The molecule has 2 aromatic rings. The van der Waals surface area contributed by atoms with Gasteiger partial charge in [0, 0.05) is 19.0 Å². The number of furan rings is 1. The lowest BCUT2D eigenvalue weighted by Crippen LogP contribution is -2.46. The number of carbonyl (C=O) groups excluding carboxylic acids is 1. The molecular weight excluding hydrogens is 445 g/mol. The van der Waals surface area contributed by atoms with E-state index >= 15 is 0 Å². The summed E-state index contributed by atoms with van der Waals surface area (Å²) < 4.78 is 71.7. The number of rotatable bonds is 6. The second-order valence-electron chi connectivity index (χ2n) is 8.35. The van der Waals surface area contributed by atoms with E-state index in [-0.39, 0.29) is 43.1 Å². The summed E-state index contributed by atoms with van der Waals surface area (Å²) in [5, 5.41) is 0. The summed E-state index contributed by atoms with van der Waals surface area (Å²) in [5.41, 5.74) is 2.23. The van der Waals surface area contributed by atoms with Crippen LogP contribution in [-0.2, 0) is 34.2 Å². The van der Waals surface area contributed by atoms with Crippen LogP contribution < -0.4 is 0 Å². The van der Waals surface area contributed by atoms with Gasteiger partial charge in [-0.25, -0.2) is 8.42 Å². The number of benzene rings is 1. The van der Waals surface area contributed by atoms with Crippen LogP contribution in [0.3, 0.4) is 0 Å². The van der Waals surface area contributed by atoms with Gasteiger partial charge in [0.05, 0.1) is 17.7 Å². The number of piperidine rings is 1. The van der Waals surface area contributed by atoms with E-state index in [4.69, 9.17) is 4.42 Å². The third kappa shape index (κ3) is 5.01. The van der Waals surface area contributed by atoms with Crippen molar-refractivity contribution in [2.24, 2.45) is 5.92 Å². The molecule has 1 saturated heterocycles. The molecule has 32 heavy (non-hydrogen) atoms. The van der Waals surface area contributed by atoms with E-state index in [1.54, 1.807) is 18.2 Å². The van der Waals surface area contributed by atoms with Crippen LogP contribution in [0.4, 0.5) is 13.2 Å². The summed E-state index contributed by atoms with van der Waals surface area (Å²) in [7, 11) is -3.71. The fourth-order valence-electron chi connectivity index (χ4n) is 4.48. The van der Waals surface area contributed by atoms with Crippen molar-refractivity contribution in [3.05, 3.63) is 53.5 Å². The van der Waals surface area contributed by atoms with Gasteiger partial charge >= 0.3 is 6.18 Å². The van der Waals surface area contributed by atoms with Gasteiger partial charge in [-0.05, 0) is 67.5 Å². The van der Waals surface area contributed by atoms with Crippen LogP contribution >= 0.6 is 0 Å². The van der Waals surface area contributed by atoms with Crippen LogP contribution in [0, 0.1) is 5.92 Å². The quantitative estimate of drug-likeness (QED) is 0.645. The van der Waals surface area contributed by atoms with Crippen molar-refractivity contribution in [2.75, 3.05) is 19.6 Å². The van der Waals surface area contributed by atoms with Crippen molar-refractivity contribution in [3.8, 4) is 0 Å². The highest BCUT2D eigenvalue weighted by atomic mass is 32.2. The van der Waals surface area contributed by atoms with Crippen LogP contribution in [0.2, 0.25) is 0 Å². The molecule has 1 aliphatic carbocycles. The molecule has 0 N–H and O–H groups in total. The molecule has 0 unspecified atom stereocenters. The molecule has 0 spiro atoms. The minimum absolute atomic E-state index is 0.0937. The third-order valence-electron chi connectivity index (χ3n) is 6.12. The molecule has 1 fully saturated rings. The fourth-order valence-corrected chi connectivity index (χ4v) is 6.00. The molecule has 0 saturated carbocycles. The Balaban J connectivity index is 1.42. The number of fused-ring (bicyclic) bond motifs is 1. The highest BCUT2D eigenvalue weighted by molar-refractivity contribution is 7.89. The number of alkyl halides is 3. The van der Waals surface area contributed by atoms with Gasteiger partial charge in [-0.1, -0.05) is 6.07 Å². The highest BCUT2D eigenvalue weighted by Gasteiger charge is 2.38. The Morgan fingerprint density at radius 1 is 1.12 bits per heavy atom. The number of nitrogens with zero attached hydrogens (tertiary/aromatic N) is 2. The number of sulfonamides is 1. The van der Waals surface area contributed by atoms with Crippen LogP contribution in [0.15, 0.2) is 45.9 Å². The maximum atomic E-state index is 13.1. The van der Waals surface area contributed by atoms with Gasteiger partial charge in [-0.2, -0.15) is 17.5 Å². The van der Waals surface area contributed by atoms with E-state index in [1.807, 2.05) is 6.07 Å². The molecule has 174 valence electrons. The Labute approximate surface area is 185 Å². The van der Waals surface area contributed by atoms with Crippen molar-refractivity contribution in [1.82, 2.24) is 9.21 Å². The summed E-state index contributed by atoms with van der Waals surface area (Å²) in [6, 6.07) is 8.26. The van der Waals surface area contributed by atoms with E-state index in [2.05, 4.69) is 0 Å². The first-order valence-electron chi connectivity index (χ1n) is 10.6. The number of halogens is 3. The molecule has 4 rings (SSSR count). The highest BCUT2D eigenvalue weighted by Crippen LogP contribution is 2.30. The Bertz CT molecular complexity index is 1060. The van der Waals surface area contributed by atoms with Crippen molar-refractivity contribution in [3.63, 3.8) is 0 Å². The number of carbonyl (C=O) groups is 1. The van der Waals surface area contributed by atoms with Crippen LogP contribution in [0.5, 0.6) is 0 Å². The maximum absolute atomic E-state index is 13.1. The Hall–Kier alpha value is -2.33. The standard InChI is InChI=1S/C22H25F3N2O4S/c23-22(24,25)15-26(14-19-5-2-12-31-19)21(28)17-8-10-27(11-9-17)32(29,30)20-7-6-16-3-1-4-18(16)13-20/h2,5-7,12-13,17H,1,3-4,8-11,14-15H2. The van der Waals surface area contributed by atoms with E-state index in [1.165, 1.54) is 22.2 Å². The van der Waals surface area contributed by atoms with E-state index in [0.29, 0.717) is 0 Å². The predicted molar refractivity (Wildman–Crippen MR) is 110 cm³/mol. The number of hydrogen-bond acceptors (Lipinski definition) is 4. The van der Waals surface area contributed by atoms with E-state index in [0.717, 1.165) is 29.7 Å². The first-order chi connectivity index (χ1) is 15.1. The first kappa shape index (κ1) is 22.8. The number of amides is 1. The number of hydrogen-bond donors (Lipinski definition) is 0. The second kappa shape index (κ2) is 8.90. The Morgan fingerprint density at radius 3 is 2.50 bits per heavy atom. The van der Waals surface area contributed by atoms with Crippen molar-refractivity contribution in [2.45, 2.75) is 49.7 Å². The topological polar surface area (TPSA) is 70.8 Å². The molecule has 1 aromatic heterocycles. The summed E-state index contributed by atoms with van der Waals surface area (Å²) in [6.07, 6.45) is -0.0207. The molecule has 10 heteroatoms. The molecule has 0 bridgehead atoms. The molecule has 1 aromatic carbocycles. The average Bonchev–Trinajstić information content (AvgIpc) is 3.43. The van der Waals surface area contributed by atoms with Gasteiger partial charge in [0.1, 0.15) is 12.3 Å². The van der Waals surface area contributed by atoms with Gasteiger partial charge < -0.3 is 9.32 Å². The fraction of sp³-hybridized carbons (Fsp3) is 0.500. The summed E-state index contributed by atoms with van der Waals surface area (Å²) in [6.45, 7) is -1.47. The molecule has 0 radical (unpaired) electrons. The lowest BCUT2D eigenvalue weighted by molar-refractivity contribution is -0.166. The van der Waals surface area contributed by atoms with E-state index < -0.39 is 34.6 Å². The predicted octanol–water partition coefficient (Wildman–Crippen LogP) is 3.76. The van der Waals surface area contributed by atoms with Crippen molar-refractivity contribution < 1.29 is 30.8 Å². The van der Waals surface area contributed by atoms with Crippen LogP contribution in [-0.4, -0.2) is 49.3 Å². The van der Waals surface area contributed by atoms with Gasteiger partial charge in [0.15, 0.2) is 0 Å². The molecular formula is C22H25F3N2O4S. The zero-order chi connectivity index (χ0) is 22.9. The minimum atomic E-state index is -4.54. The summed E-state index contributed by atoms with van der Waals surface area (Å²) in [4.78, 5) is 13.9.